The third-order valence-electron chi connectivity index (χ3n) is 3.95. The largest absolute Gasteiger partial charge is 0.465 e. The summed E-state index contributed by atoms with van der Waals surface area (Å²) in [6.07, 6.45) is 0. The second-order valence-corrected chi connectivity index (χ2v) is 5.65. The first-order chi connectivity index (χ1) is 10.4. The Kier molecular flexibility index (Phi) is 5.03. The summed E-state index contributed by atoms with van der Waals surface area (Å²) in [5, 5.41) is 0. The molecule has 1 aromatic rings. The zero-order valence-corrected chi connectivity index (χ0v) is 13.3. The molecule has 1 heterocycles. The van der Waals surface area contributed by atoms with Gasteiger partial charge in [-0.3, -0.25) is 4.79 Å². The average molecular weight is 305 g/mol. The lowest BCUT2D eigenvalue weighted by Gasteiger charge is -2.41. The zero-order chi connectivity index (χ0) is 16.3. The predicted octanol–water partition coefficient (Wildman–Crippen LogP) is 0.858. The molecule has 2 N–H and O–H groups in total. The van der Waals surface area contributed by atoms with Gasteiger partial charge in [0.1, 0.15) is 0 Å². The van der Waals surface area contributed by atoms with E-state index < -0.39 is 6.04 Å². The number of benzene rings is 1. The number of nitrogens with two attached hydrogens (primary N) is 1. The number of carbonyl (C=O) groups is 2. The van der Waals surface area contributed by atoms with Crippen LogP contribution in [0.5, 0.6) is 0 Å². The molecule has 1 unspecified atom stereocenters. The van der Waals surface area contributed by atoms with Gasteiger partial charge in [0.15, 0.2) is 0 Å². The van der Waals surface area contributed by atoms with E-state index in [0.29, 0.717) is 12.1 Å². The maximum Gasteiger partial charge on any atom is 0.337 e. The Bertz CT molecular complexity index is 542. The Morgan fingerprint density at radius 3 is 2.41 bits per heavy atom. The number of esters is 1. The quantitative estimate of drug-likeness (QED) is 0.838. The number of nitrogens with zero attached hydrogens (tertiary/aromatic N) is 2. The lowest BCUT2D eigenvalue weighted by Crippen LogP contribution is -2.57. The fraction of sp³-hybridized carbons (Fsp3) is 0.500. The Morgan fingerprint density at radius 2 is 1.91 bits per heavy atom. The molecule has 6 nitrogen and oxygen atoms in total. The molecule has 6 heteroatoms. The molecule has 0 radical (unpaired) electrons. The smallest absolute Gasteiger partial charge is 0.337 e. The van der Waals surface area contributed by atoms with Crippen molar-refractivity contribution < 1.29 is 14.3 Å². The Balaban J connectivity index is 2.04. The maximum atomic E-state index is 12.0. The van der Waals surface area contributed by atoms with Crippen molar-refractivity contribution in [3.05, 3.63) is 29.8 Å². The molecule has 0 saturated carbocycles. The SMILES string of the molecule is COC(=O)c1ccc(N2CCN(C(=O)[C@@H](C)N)C(C)C2)cc1. The fourth-order valence-corrected chi connectivity index (χ4v) is 2.71. The minimum Gasteiger partial charge on any atom is -0.465 e. The van der Waals surface area contributed by atoms with Crippen molar-refractivity contribution in [1.29, 1.82) is 0 Å². The second-order valence-electron chi connectivity index (χ2n) is 5.65. The van der Waals surface area contributed by atoms with E-state index in [1.807, 2.05) is 24.0 Å². The molecule has 1 fully saturated rings. The van der Waals surface area contributed by atoms with E-state index in [9.17, 15) is 9.59 Å². The molecule has 1 saturated heterocycles. The summed E-state index contributed by atoms with van der Waals surface area (Å²) < 4.78 is 4.69. The highest BCUT2D eigenvalue weighted by atomic mass is 16.5. The Hall–Kier alpha value is -2.08. The van der Waals surface area contributed by atoms with Gasteiger partial charge in [-0.25, -0.2) is 4.79 Å². The monoisotopic (exact) mass is 305 g/mol. The van der Waals surface area contributed by atoms with Gasteiger partial charge in [-0.1, -0.05) is 0 Å². The minimum atomic E-state index is -0.465. The van der Waals surface area contributed by atoms with Gasteiger partial charge in [-0.05, 0) is 38.1 Å². The van der Waals surface area contributed by atoms with Crippen LogP contribution in [-0.2, 0) is 9.53 Å². The Labute approximate surface area is 130 Å². The van der Waals surface area contributed by atoms with Crippen LogP contribution in [0, 0.1) is 0 Å². The van der Waals surface area contributed by atoms with Crippen molar-refractivity contribution in [2.75, 3.05) is 31.6 Å². The van der Waals surface area contributed by atoms with Crippen LogP contribution in [0.3, 0.4) is 0 Å². The van der Waals surface area contributed by atoms with Crippen LogP contribution < -0.4 is 10.6 Å². The third-order valence-corrected chi connectivity index (χ3v) is 3.95. The normalized spacial score (nSPS) is 19.7. The third kappa shape index (κ3) is 3.39. The van der Waals surface area contributed by atoms with Crippen molar-refractivity contribution in [3.63, 3.8) is 0 Å². The van der Waals surface area contributed by atoms with E-state index >= 15 is 0 Å². The number of piperazine rings is 1. The summed E-state index contributed by atoms with van der Waals surface area (Å²) in [5.74, 6) is -0.347. The van der Waals surface area contributed by atoms with Crippen LogP contribution in [0.25, 0.3) is 0 Å². The molecule has 0 bridgehead atoms. The van der Waals surface area contributed by atoms with Gasteiger partial charge in [0, 0.05) is 31.4 Å². The van der Waals surface area contributed by atoms with E-state index in [4.69, 9.17) is 10.5 Å². The van der Waals surface area contributed by atoms with E-state index in [0.717, 1.165) is 18.8 Å². The summed E-state index contributed by atoms with van der Waals surface area (Å²) in [6.45, 7) is 5.89. The fourth-order valence-electron chi connectivity index (χ4n) is 2.71. The Morgan fingerprint density at radius 1 is 1.27 bits per heavy atom. The molecule has 2 atom stereocenters. The molecule has 120 valence electrons. The molecule has 1 aliphatic heterocycles. The molecule has 1 amide bonds. The summed E-state index contributed by atoms with van der Waals surface area (Å²) in [5.41, 5.74) is 7.25. The molecule has 0 aromatic heterocycles. The van der Waals surface area contributed by atoms with Gasteiger partial charge in [-0.2, -0.15) is 0 Å². The lowest BCUT2D eigenvalue weighted by molar-refractivity contribution is -0.134. The zero-order valence-electron chi connectivity index (χ0n) is 13.3. The molecule has 1 aliphatic rings. The average Bonchev–Trinajstić information content (AvgIpc) is 2.53. The van der Waals surface area contributed by atoms with E-state index in [1.165, 1.54) is 7.11 Å². The second kappa shape index (κ2) is 6.79. The summed E-state index contributed by atoms with van der Waals surface area (Å²) >= 11 is 0. The van der Waals surface area contributed by atoms with Crippen LogP contribution in [0.4, 0.5) is 5.69 Å². The van der Waals surface area contributed by atoms with Crippen LogP contribution in [0.1, 0.15) is 24.2 Å². The van der Waals surface area contributed by atoms with Crippen molar-refractivity contribution in [2.24, 2.45) is 5.73 Å². The van der Waals surface area contributed by atoms with Gasteiger partial charge < -0.3 is 20.3 Å². The first kappa shape index (κ1) is 16.3. The van der Waals surface area contributed by atoms with Crippen molar-refractivity contribution in [3.8, 4) is 0 Å². The summed E-state index contributed by atoms with van der Waals surface area (Å²) in [4.78, 5) is 27.5. The molecule has 0 aliphatic carbocycles. The number of methoxy groups -OCH3 is 1. The number of hydrogen-bond acceptors (Lipinski definition) is 5. The van der Waals surface area contributed by atoms with Crippen LogP contribution in [-0.4, -0.2) is 55.6 Å². The lowest BCUT2D eigenvalue weighted by atomic mass is 10.1. The topological polar surface area (TPSA) is 75.9 Å². The molecule has 0 spiro atoms. The highest BCUT2D eigenvalue weighted by Crippen LogP contribution is 2.20. The van der Waals surface area contributed by atoms with Gasteiger partial charge in [-0.15, -0.1) is 0 Å². The van der Waals surface area contributed by atoms with Gasteiger partial charge >= 0.3 is 5.97 Å². The maximum absolute atomic E-state index is 12.0. The highest BCUT2D eigenvalue weighted by Gasteiger charge is 2.28. The predicted molar refractivity (Wildman–Crippen MR) is 84.8 cm³/mol. The number of ether oxygens (including phenoxy) is 1. The molecular weight excluding hydrogens is 282 g/mol. The molecule has 1 aromatic carbocycles. The van der Waals surface area contributed by atoms with Gasteiger partial charge in [0.25, 0.3) is 0 Å². The summed E-state index contributed by atoms with van der Waals surface area (Å²) in [6, 6.07) is 6.96. The first-order valence-corrected chi connectivity index (χ1v) is 7.43. The van der Waals surface area contributed by atoms with Crippen molar-refractivity contribution in [1.82, 2.24) is 4.90 Å². The first-order valence-electron chi connectivity index (χ1n) is 7.43. The van der Waals surface area contributed by atoms with Crippen molar-refractivity contribution >= 4 is 17.6 Å². The van der Waals surface area contributed by atoms with Gasteiger partial charge in [0.05, 0.1) is 18.7 Å². The van der Waals surface area contributed by atoms with E-state index in [-0.39, 0.29) is 17.9 Å². The van der Waals surface area contributed by atoms with Crippen LogP contribution >= 0.6 is 0 Å². The highest BCUT2D eigenvalue weighted by molar-refractivity contribution is 5.89. The van der Waals surface area contributed by atoms with Crippen LogP contribution in [0.15, 0.2) is 24.3 Å². The number of carbonyl (C=O) groups excluding carboxylic acids is 2. The minimum absolute atomic E-state index is 0.00631. The molecule has 22 heavy (non-hydrogen) atoms. The standard InChI is InChI=1S/C16H23N3O3/c1-11-10-18(8-9-19(11)15(20)12(2)17)14-6-4-13(5-7-14)16(21)22-3/h4-7,11-12H,8-10,17H2,1-3H3/t11?,12-/m1/s1. The number of hydrogen-bond donors (Lipinski definition) is 1. The summed E-state index contributed by atoms with van der Waals surface area (Å²) in [7, 11) is 1.37. The number of amides is 1. The van der Waals surface area contributed by atoms with Gasteiger partial charge in [0.2, 0.25) is 5.91 Å². The van der Waals surface area contributed by atoms with Crippen LogP contribution in [0.2, 0.25) is 0 Å². The van der Waals surface area contributed by atoms with E-state index in [1.54, 1.807) is 19.1 Å². The number of anilines is 1. The van der Waals surface area contributed by atoms with Crippen molar-refractivity contribution in [2.45, 2.75) is 25.9 Å². The van der Waals surface area contributed by atoms with E-state index in [2.05, 4.69) is 4.90 Å². The molecular formula is C16H23N3O3. The molecule has 2 rings (SSSR count). The number of rotatable bonds is 3.